The minimum absolute atomic E-state index is 0.0567. The van der Waals surface area contributed by atoms with Gasteiger partial charge in [-0.25, -0.2) is 4.98 Å². The number of benzene rings is 1. The minimum Gasteiger partial charge on any atom is -0.326 e. The number of hydrogen-bond donors (Lipinski definition) is 2. The van der Waals surface area contributed by atoms with Crippen molar-refractivity contribution in [2.24, 2.45) is 5.73 Å². The highest BCUT2D eigenvalue weighted by Gasteiger charge is 2.21. The lowest BCUT2D eigenvalue weighted by atomic mass is 10.0. The number of hydrogen-bond acceptors (Lipinski definition) is 4. The minimum atomic E-state index is 0.0567. The summed E-state index contributed by atoms with van der Waals surface area (Å²) >= 11 is 7.50. The third-order valence-corrected chi connectivity index (χ3v) is 4.24. The molecular weight excluding hydrogens is 268 g/mol. The third kappa shape index (κ3) is 3.25. The zero-order valence-electron chi connectivity index (χ0n) is 10.0. The van der Waals surface area contributed by atoms with E-state index in [0.717, 1.165) is 22.2 Å². The van der Waals surface area contributed by atoms with Crippen molar-refractivity contribution in [3.05, 3.63) is 41.2 Å². The Kier molecular flexibility index (Phi) is 4.63. The molecule has 0 aliphatic carbocycles. The van der Waals surface area contributed by atoms with E-state index in [1.54, 1.807) is 11.8 Å². The fourth-order valence-corrected chi connectivity index (χ4v) is 2.88. The van der Waals surface area contributed by atoms with Gasteiger partial charge in [-0.1, -0.05) is 42.4 Å². The van der Waals surface area contributed by atoms with E-state index in [-0.39, 0.29) is 11.3 Å². The van der Waals surface area contributed by atoms with Crippen molar-refractivity contribution in [3.63, 3.8) is 0 Å². The average molecular weight is 283 g/mol. The summed E-state index contributed by atoms with van der Waals surface area (Å²) in [4.78, 5) is 4.13. The summed E-state index contributed by atoms with van der Waals surface area (Å²) < 4.78 is 0. The molecule has 2 aromatic rings. The van der Waals surface area contributed by atoms with Crippen LogP contribution in [0.25, 0.3) is 0 Å². The summed E-state index contributed by atoms with van der Waals surface area (Å²) in [5.74, 6) is 0. The van der Waals surface area contributed by atoms with Gasteiger partial charge in [-0.3, -0.25) is 5.10 Å². The van der Waals surface area contributed by atoms with E-state index < -0.39 is 0 Å². The Morgan fingerprint density at radius 3 is 2.67 bits per heavy atom. The first-order valence-electron chi connectivity index (χ1n) is 5.73. The zero-order valence-corrected chi connectivity index (χ0v) is 11.6. The van der Waals surface area contributed by atoms with Crippen LogP contribution < -0.4 is 5.73 Å². The van der Waals surface area contributed by atoms with Crippen molar-refractivity contribution >= 4 is 23.4 Å². The smallest absolute Gasteiger partial charge is 0.184 e. The highest BCUT2D eigenvalue weighted by Crippen LogP contribution is 2.36. The van der Waals surface area contributed by atoms with Crippen LogP contribution in [0.4, 0.5) is 0 Å². The fraction of sp³-hybridized carbons (Fsp3) is 0.333. The van der Waals surface area contributed by atoms with Gasteiger partial charge in [0.25, 0.3) is 0 Å². The third-order valence-electron chi connectivity index (χ3n) is 2.69. The molecule has 96 valence electrons. The molecule has 2 rings (SSSR count). The van der Waals surface area contributed by atoms with Gasteiger partial charge in [0.15, 0.2) is 5.16 Å². The molecule has 1 aromatic carbocycles. The molecule has 2 unspecified atom stereocenters. The summed E-state index contributed by atoms with van der Waals surface area (Å²) in [5, 5.41) is 8.34. The van der Waals surface area contributed by atoms with Crippen LogP contribution in [0, 0.1) is 0 Å². The lowest BCUT2D eigenvalue weighted by Gasteiger charge is -2.21. The predicted molar refractivity (Wildman–Crippen MR) is 74.7 cm³/mol. The summed E-state index contributed by atoms with van der Waals surface area (Å²) in [6, 6.07) is 7.83. The van der Waals surface area contributed by atoms with E-state index >= 15 is 0 Å². The fourth-order valence-electron chi connectivity index (χ4n) is 1.64. The molecule has 0 radical (unpaired) electrons. The summed E-state index contributed by atoms with van der Waals surface area (Å²) in [6.45, 7) is 2.08. The lowest BCUT2D eigenvalue weighted by molar-refractivity contribution is 0.632. The van der Waals surface area contributed by atoms with Crippen LogP contribution in [-0.2, 0) is 0 Å². The molecular formula is C12H15ClN4S. The maximum atomic E-state index is 6.19. The highest BCUT2D eigenvalue weighted by molar-refractivity contribution is 7.99. The van der Waals surface area contributed by atoms with Crippen LogP contribution in [-0.4, -0.2) is 21.2 Å². The Balaban J connectivity index is 2.22. The van der Waals surface area contributed by atoms with E-state index in [1.807, 2.05) is 24.3 Å². The number of nitrogens with two attached hydrogens (primary N) is 1. The van der Waals surface area contributed by atoms with Gasteiger partial charge in [0, 0.05) is 11.1 Å². The lowest BCUT2D eigenvalue weighted by Crippen LogP contribution is -2.25. The molecule has 2 atom stereocenters. The number of nitrogens with zero attached hydrogens (tertiary/aromatic N) is 2. The van der Waals surface area contributed by atoms with Crippen molar-refractivity contribution in [2.45, 2.75) is 29.8 Å². The van der Waals surface area contributed by atoms with Crippen LogP contribution in [0.15, 0.2) is 35.7 Å². The van der Waals surface area contributed by atoms with Crippen molar-refractivity contribution in [3.8, 4) is 0 Å². The summed E-state index contributed by atoms with van der Waals surface area (Å²) in [6.07, 6.45) is 2.40. The maximum Gasteiger partial charge on any atom is 0.184 e. The molecule has 0 saturated heterocycles. The molecule has 18 heavy (non-hydrogen) atoms. The first-order chi connectivity index (χ1) is 8.70. The van der Waals surface area contributed by atoms with E-state index in [0.29, 0.717) is 0 Å². The van der Waals surface area contributed by atoms with Gasteiger partial charge in [0.1, 0.15) is 6.33 Å². The Labute approximate surface area is 115 Å². The molecule has 6 heteroatoms. The largest absolute Gasteiger partial charge is 0.326 e. The zero-order chi connectivity index (χ0) is 13.0. The van der Waals surface area contributed by atoms with Crippen LogP contribution >= 0.6 is 23.4 Å². The van der Waals surface area contributed by atoms with Crippen LogP contribution in [0.1, 0.15) is 24.2 Å². The molecule has 0 aliphatic heterocycles. The van der Waals surface area contributed by atoms with Gasteiger partial charge in [-0.05, 0) is 24.1 Å². The van der Waals surface area contributed by atoms with E-state index in [1.165, 1.54) is 6.33 Å². The number of aromatic amines is 1. The van der Waals surface area contributed by atoms with Gasteiger partial charge < -0.3 is 5.73 Å². The maximum absolute atomic E-state index is 6.19. The Hall–Kier alpha value is -1.04. The number of aromatic nitrogens is 3. The molecule has 0 fully saturated rings. The van der Waals surface area contributed by atoms with E-state index in [9.17, 15) is 0 Å². The first kappa shape index (κ1) is 13.4. The molecule has 1 aromatic heterocycles. The van der Waals surface area contributed by atoms with Gasteiger partial charge in [0.05, 0.1) is 5.25 Å². The number of halogens is 1. The second-order valence-electron chi connectivity index (χ2n) is 3.95. The molecule has 0 amide bonds. The van der Waals surface area contributed by atoms with Gasteiger partial charge in [0.2, 0.25) is 0 Å². The molecule has 0 saturated carbocycles. The number of rotatable bonds is 5. The number of H-pyrrole nitrogens is 1. The molecule has 0 aliphatic rings. The normalized spacial score (nSPS) is 14.4. The summed E-state index contributed by atoms with van der Waals surface area (Å²) in [5.41, 5.74) is 7.34. The average Bonchev–Trinajstić information content (AvgIpc) is 2.89. The number of thioether (sulfide) groups is 1. The predicted octanol–water partition coefficient (Wildman–Crippen LogP) is 3.03. The second kappa shape index (κ2) is 6.22. The summed E-state index contributed by atoms with van der Waals surface area (Å²) in [7, 11) is 0. The molecule has 1 heterocycles. The van der Waals surface area contributed by atoms with Crippen LogP contribution in [0.3, 0.4) is 0 Å². The van der Waals surface area contributed by atoms with Crippen molar-refractivity contribution in [1.29, 1.82) is 0 Å². The van der Waals surface area contributed by atoms with Crippen molar-refractivity contribution in [1.82, 2.24) is 15.2 Å². The highest BCUT2D eigenvalue weighted by atomic mass is 35.5. The monoisotopic (exact) mass is 282 g/mol. The first-order valence-corrected chi connectivity index (χ1v) is 6.99. The Morgan fingerprint density at radius 2 is 2.11 bits per heavy atom. The van der Waals surface area contributed by atoms with Crippen LogP contribution in [0.2, 0.25) is 5.02 Å². The Morgan fingerprint density at radius 1 is 1.39 bits per heavy atom. The van der Waals surface area contributed by atoms with Crippen molar-refractivity contribution in [2.75, 3.05) is 0 Å². The SMILES string of the molecule is CCC(N)C(Sc1ncn[nH]1)c1ccc(Cl)cc1. The quantitative estimate of drug-likeness (QED) is 0.827. The molecule has 4 nitrogen and oxygen atoms in total. The van der Waals surface area contributed by atoms with Crippen molar-refractivity contribution < 1.29 is 0 Å². The standard InChI is InChI=1S/C12H15ClN4S/c1-2-10(14)11(18-12-15-7-16-17-12)8-3-5-9(13)6-4-8/h3-7,10-11H,2,14H2,1H3,(H,15,16,17). The molecule has 0 spiro atoms. The van der Waals surface area contributed by atoms with Gasteiger partial charge in [-0.15, -0.1) is 0 Å². The molecule has 0 bridgehead atoms. The topological polar surface area (TPSA) is 67.6 Å². The molecule has 3 N–H and O–H groups in total. The number of nitrogens with one attached hydrogen (secondary N) is 1. The van der Waals surface area contributed by atoms with Gasteiger partial charge >= 0.3 is 0 Å². The van der Waals surface area contributed by atoms with E-state index in [2.05, 4.69) is 22.1 Å². The van der Waals surface area contributed by atoms with Crippen LogP contribution in [0.5, 0.6) is 0 Å². The second-order valence-corrected chi connectivity index (χ2v) is 5.52. The van der Waals surface area contributed by atoms with E-state index in [4.69, 9.17) is 17.3 Å². The van der Waals surface area contributed by atoms with Gasteiger partial charge in [-0.2, -0.15) is 5.10 Å². The Bertz CT molecular complexity index is 471.